The SMILES string of the molecule is Cc1nc(CN2CCC(C)(N)CC2)cnc1Sc1cccc(Cl)c1Cl. The van der Waals surface area contributed by atoms with Crippen molar-refractivity contribution in [3.05, 3.63) is 45.8 Å². The summed E-state index contributed by atoms with van der Waals surface area (Å²) in [6.07, 6.45) is 3.88. The lowest BCUT2D eigenvalue weighted by Gasteiger charge is -2.36. The maximum atomic E-state index is 6.26. The number of hydrogen-bond acceptors (Lipinski definition) is 5. The van der Waals surface area contributed by atoms with Crippen LogP contribution >= 0.6 is 35.0 Å². The van der Waals surface area contributed by atoms with Gasteiger partial charge >= 0.3 is 0 Å². The number of hydrogen-bond donors (Lipinski definition) is 1. The first-order valence-electron chi connectivity index (χ1n) is 8.30. The van der Waals surface area contributed by atoms with Crippen LogP contribution in [-0.2, 0) is 6.54 Å². The van der Waals surface area contributed by atoms with Crippen molar-refractivity contribution in [3.8, 4) is 0 Å². The first-order chi connectivity index (χ1) is 11.8. The molecular formula is C18H22Cl2N4S. The van der Waals surface area contributed by atoms with Gasteiger partial charge in [0, 0.05) is 30.1 Å². The fourth-order valence-corrected chi connectivity index (χ4v) is 4.14. The number of halogens is 2. The predicted molar refractivity (Wildman–Crippen MR) is 104 cm³/mol. The Bertz CT molecular complexity index is 757. The Kier molecular flexibility index (Phi) is 5.91. The normalized spacial score (nSPS) is 17.6. The number of likely N-dealkylation sites (tertiary alicyclic amines) is 1. The molecule has 1 aromatic carbocycles. The van der Waals surface area contributed by atoms with Gasteiger partial charge in [0.05, 0.1) is 27.6 Å². The summed E-state index contributed by atoms with van der Waals surface area (Å²) in [5.74, 6) is 0. The van der Waals surface area contributed by atoms with Gasteiger partial charge in [-0.25, -0.2) is 4.98 Å². The summed E-state index contributed by atoms with van der Waals surface area (Å²) in [6, 6.07) is 5.60. The fraction of sp³-hybridized carbons (Fsp3) is 0.444. The third-order valence-corrected chi connectivity index (χ3v) is 6.54. The van der Waals surface area contributed by atoms with Crippen molar-refractivity contribution in [2.45, 2.75) is 48.7 Å². The molecule has 2 N–H and O–H groups in total. The van der Waals surface area contributed by atoms with E-state index in [4.69, 9.17) is 33.9 Å². The van der Waals surface area contributed by atoms with Crippen LogP contribution in [0.5, 0.6) is 0 Å². The zero-order valence-electron chi connectivity index (χ0n) is 14.4. The minimum Gasteiger partial charge on any atom is -0.325 e. The van der Waals surface area contributed by atoms with Gasteiger partial charge in [-0.15, -0.1) is 0 Å². The maximum Gasteiger partial charge on any atom is 0.122 e. The highest BCUT2D eigenvalue weighted by Crippen LogP contribution is 2.37. The summed E-state index contributed by atoms with van der Waals surface area (Å²) in [7, 11) is 0. The lowest BCUT2D eigenvalue weighted by atomic mass is 9.91. The van der Waals surface area contributed by atoms with E-state index in [0.29, 0.717) is 10.0 Å². The summed E-state index contributed by atoms with van der Waals surface area (Å²) in [5.41, 5.74) is 8.05. The summed E-state index contributed by atoms with van der Waals surface area (Å²) < 4.78 is 0. The molecule has 0 amide bonds. The molecule has 1 saturated heterocycles. The van der Waals surface area contributed by atoms with Gasteiger partial charge in [-0.3, -0.25) is 9.88 Å². The Morgan fingerprint density at radius 2 is 2.00 bits per heavy atom. The highest BCUT2D eigenvalue weighted by atomic mass is 35.5. The molecule has 0 aliphatic carbocycles. The molecule has 1 aliphatic rings. The molecule has 25 heavy (non-hydrogen) atoms. The number of nitrogens with zero attached hydrogens (tertiary/aromatic N) is 3. The Labute approximate surface area is 163 Å². The molecule has 0 unspecified atom stereocenters. The van der Waals surface area contributed by atoms with Crippen LogP contribution in [0.3, 0.4) is 0 Å². The van der Waals surface area contributed by atoms with Gasteiger partial charge in [0.25, 0.3) is 0 Å². The molecule has 7 heteroatoms. The van der Waals surface area contributed by atoms with E-state index in [1.165, 1.54) is 11.8 Å². The standard InChI is InChI=1S/C18H22Cl2N4S/c1-12-17(25-15-5-3-4-14(19)16(15)20)22-10-13(23-12)11-24-8-6-18(2,21)7-9-24/h3-5,10H,6-9,11,21H2,1-2H3. The highest BCUT2D eigenvalue weighted by Gasteiger charge is 2.26. The molecule has 0 spiro atoms. The monoisotopic (exact) mass is 396 g/mol. The number of piperidine rings is 1. The van der Waals surface area contributed by atoms with Crippen LogP contribution in [0.2, 0.25) is 10.0 Å². The van der Waals surface area contributed by atoms with Crippen LogP contribution in [0, 0.1) is 6.92 Å². The Balaban J connectivity index is 1.68. The summed E-state index contributed by atoms with van der Waals surface area (Å²) in [6.45, 7) is 6.92. The Morgan fingerprint density at radius 1 is 1.28 bits per heavy atom. The smallest absolute Gasteiger partial charge is 0.122 e. The Morgan fingerprint density at radius 3 is 2.68 bits per heavy atom. The zero-order valence-corrected chi connectivity index (χ0v) is 16.8. The average Bonchev–Trinajstić information content (AvgIpc) is 2.56. The summed E-state index contributed by atoms with van der Waals surface area (Å²) in [5, 5.41) is 1.95. The fourth-order valence-electron chi connectivity index (χ4n) is 2.81. The average molecular weight is 397 g/mol. The number of nitrogens with two attached hydrogens (primary N) is 1. The molecule has 2 heterocycles. The molecule has 134 valence electrons. The van der Waals surface area contributed by atoms with Gasteiger partial charge in [-0.05, 0) is 38.8 Å². The van der Waals surface area contributed by atoms with Crippen LogP contribution < -0.4 is 5.73 Å². The third-order valence-electron chi connectivity index (χ3n) is 4.46. The molecule has 4 nitrogen and oxygen atoms in total. The second-order valence-corrected chi connectivity index (χ2v) is 8.65. The van der Waals surface area contributed by atoms with Gasteiger partial charge < -0.3 is 5.73 Å². The molecule has 0 bridgehead atoms. The summed E-state index contributed by atoms with van der Waals surface area (Å²) >= 11 is 13.8. The number of aromatic nitrogens is 2. The van der Waals surface area contributed by atoms with E-state index in [9.17, 15) is 0 Å². The number of benzene rings is 1. The van der Waals surface area contributed by atoms with Crippen LogP contribution in [0.25, 0.3) is 0 Å². The number of rotatable bonds is 4. The van der Waals surface area contributed by atoms with Crippen molar-refractivity contribution in [2.75, 3.05) is 13.1 Å². The molecule has 1 aromatic heterocycles. The molecule has 0 atom stereocenters. The van der Waals surface area contributed by atoms with E-state index < -0.39 is 0 Å². The maximum absolute atomic E-state index is 6.26. The molecule has 2 aromatic rings. The molecular weight excluding hydrogens is 375 g/mol. The van der Waals surface area contributed by atoms with E-state index in [-0.39, 0.29) is 5.54 Å². The minimum absolute atomic E-state index is 0.0329. The van der Waals surface area contributed by atoms with Crippen LogP contribution in [0.15, 0.2) is 34.3 Å². The van der Waals surface area contributed by atoms with Crippen LogP contribution in [0.4, 0.5) is 0 Å². The first kappa shape index (κ1) is 18.9. The van der Waals surface area contributed by atoms with Gasteiger partial charge in [-0.1, -0.05) is 41.0 Å². The van der Waals surface area contributed by atoms with E-state index in [1.54, 1.807) is 6.07 Å². The van der Waals surface area contributed by atoms with Gasteiger partial charge in [0.15, 0.2) is 0 Å². The van der Waals surface area contributed by atoms with Crippen molar-refractivity contribution in [2.24, 2.45) is 5.73 Å². The van der Waals surface area contributed by atoms with Crippen molar-refractivity contribution in [1.82, 2.24) is 14.9 Å². The Hall–Kier alpha value is -0.850. The van der Waals surface area contributed by atoms with Crippen molar-refractivity contribution in [3.63, 3.8) is 0 Å². The second kappa shape index (κ2) is 7.80. The lowest BCUT2D eigenvalue weighted by Crippen LogP contribution is -2.47. The molecule has 1 aliphatic heterocycles. The van der Waals surface area contributed by atoms with E-state index in [2.05, 4.69) is 16.8 Å². The molecule has 1 fully saturated rings. The van der Waals surface area contributed by atoms with Crippen molar-refractivity contribution in [1.29, 1.82) is 0 Å². The first-order valence-corrected chi connectivity index (χ1v) is 9.87. The quantitative estimate of drug-likeness (QED) is 0.820. The predicted octanol–water partition coefficient (Wildman–Crippen LogP) is 4.56. The van der Waals surface area contributed by atoms with E-state index in [0.717, 1.165) is 53.8 Å². The lowest BCUT2D eigenvalue weighted by molar-refractivity contribution is 0.163. The number of aryl methyl sites for hydroxylation is 1. The second-order valence-electron chi connectivity index (χ2n) is 6.84. The molecule has 0 saturated carbocycles. The minimum atomic E-state index is -0.0329. The van der Waals surface area contributed by atoms with Gasteiger partial charge in [0.2, 0.25) is 0 Å². The summed E-state index contributed by atoms with van der Waals surface area (Å²) in [4.78, 5) is 12.6. The zero-order chi connectivity index (χ0) is 18.0. The van der Waals surface area contributed by atoms with Crippen LogP contribution in [0.1, 0.15) is 31.2 Å². The van der Waals surface area contributed by atoms with Crippen molar-refractivity contribution >= 4 is 35.0 Å². The van der Waals surface area contributed by atoms with Gasteiger partial charge in [0.1, 0.15) is 5.03 Å². The van der Waals surface area contributed by atoms with Crippen molar-refractivity contribution < 1.29 is 0 Å². The largest absolute Gasteiger partial charge is 0.325 e. The van der Waals surface area contributed by atoms with Crippen LogP contribution in [-0.4, -0.2) is 33.5 Å². The van der Waals surface area contributed by atoms with E-state index >= 15 is 0 Å². The highest BCUT2D eigenvalue weighted by molar-refractivity contribution is 7.99. The van der Waals surface area contributed by atoms with E-state index in [1.807, 2.05) is 25.3 Å². The molecule has 0 radical (unpaired) electrons. The van der Waals surface area contributed by atoms with Gasteiger partial charge in [-0.2, -0.15) is 0 Å². The third kappa shape index (κ3) is 4.86. The topological polar surface area (TPSA) is 55.0 Å². The molecule has 3 rings (SSSR count).